The molecule has 9 aliphatic rings. The predicted octanol–water partition coefficient (Wildman–Crippen LogP) is 5.13. The molecule has 0 bridgehead atoms. The number of hydrogen-bond acceptors (Lipinski definition) is 22. The second-order valence-corrected chi connectivity index (χ2v) is 33.3. The number of carboxylic acid groups (broad SMARTS) is 2. The number of hydrogen-bond donors (Lipinski definition) is 12. The lowest BCUT2D eigenvalue weighted by Crippen LogP contribution is -2.58. The van der Waals surface area contributed by atoms with Crippen LogP contribution in [0.15, 0.2) is 80.4 Å². The first-order chi connectivity index (χ1) is 60.4. The van der Waals surface area contributed by atoms with Crippen molar-refractivity contribution < 1.29 is 56.3 Å². The van der Waals surface area contributed by atoms with E-state index in [2.05, 4.69) is 10.6 Å². The van der Waals surface area contributed by atoms with Crippen molar-refractivity contribution >= 4 is 125 Å². The van der Waals surface area contributed by atoms with Crippen molar-refractivity contribution in [2.75, 3.05) is 203 Å². The second kappa shape index (κ2) is 33.7. The maximum atomic E-state index is 16.5. The van der Waals surface area contributed by atoms with E-state index in [0.717, 1.165) is 12.1 Å². The molecule has 8 aromatic rings. The van der Waals surface area contributed by atoms with Crippen LogP contribution in [-0.2, 0) is 0 Å². The number of guanidine groups is 4. The van der Waals surface area contributed by atoms with Gasteiger partial charge in [-0.25, -0.2) is 27.2 Å². The summed E-state index contributed by atoms with van der Waals surface area (Å²) in [4.78, 5) is 98.3. The molecule has 0 spiro atoms. The molecule has 4 atom stereocenters. The molecular weight excluding hydrogens is 1640 g/mol. The number of benzene rings is 4. The standard InChI is InChI=1S/C84H98F4N26O12/c1-45-41-123-75-65-49(59(115)5-7-111(45)65)33-55(85)69(75)103-17-11-101(12-18-103)63(91)37-61(89)99-9-10-100(62(90)38-64(92)102-13-19-104(20-14-102)71-57(87)35-51-67-77(71)125-43-47(3)113(67)39-53(73(51)117)79(119)120)16-26-108(82(94)98-84(96)110-29-23-106(24-30-110)72-58(88)36-52-68-78(72)126-44-48(4)114(68)40-54(74(52)118)80(121)122)32-31-107(25-15-99)81(93)97-83(95)109-27-21-105(22-28-109)70-56(86)34-50-60(116)6-8-112-46(2)42-124-76(70)66(50)112/h5-8,33-36,39-40,45-48,89-92H,9-32,37-38,41-44H2,1-4H3,(H,119,120)(H,121,122)(H3,93,95,97)(H3,94,96,98). The van der Waals surface area contributed by atoms with Crippen LogP contribution in [0.2, 0.25) is 0 Å². The summed E-state index contributed by atoms with van der Waals surface area (Å²) in [5.41, 5.74) is -1.35. The second-order valence-electron chi connectivity index (χ2n) is 33.3. The maximum absolute atomic E-state index is 16.5. The number of carbonyl (C=O) groups is 2. The lowest BCUT2D eigenvalue weighted by atomic mass is 10.1. The number of carboxylic acids is 2. The number of anilines is 4. The van der Waals surface area contributed by atoms with Crippen LogP contribution in [-0.4, -0.2) is 310 Å². The lowest BCUT2D eigenvalue weighted by molar-refractivity contribution is 0.0683. The molecule has 13 heterocycles. The third-order valence-corrected chi connectivity index (χ3v) is 25.7. The van der Waals surface area contributed by atoms with Gasteiger partial charge in [-0.1, -0.05) is 0 Å². The van der Waals surface area contributed by atoms with Crippen molar-refractivity contribution in [3.8, 4) is 23.0 Å². The van der Waals surface area contributed by atoms with Crippen molar-refractivity contribution in [1.82, 2.24) is 68.1 Å². The van der Waals surface area contributed by atoms with Crippen molar-refractivity contribution in [3.63, 3.8) is 0 Å². The summed E-state index contributed by atoms with van der Waals surface area (Å²) in [5.74, 6) is -5.76. The fraction of sp³-hybridized carbons (Fsp3) is 0.452. The van der Waals surface area contributed by atoms with Gasteiger partial charge < -0.3 is 106 Å². The molecule has 4 aromatic heterocycles. The largest absolute Gasteiger partial charge is 0.487 e. The van der Waals surface area contributed by atoms with Crippen molar-refractivity contribution in [2.45, 2.75) is 64.7 Å². The molecule has 0 aliphatic carbocycles. The maximum Gasteiger partial charge on any atom is 0.341 e. The molecule has 12 N–H and O–H groups in total. The molecule has 9 aliphatic heterocycles. The molecule has 0 amide bonds. The van der Waals surface area contributed by atoms with Gasteiger partial charge in [0, 0.05) is 194 Å². The van der Waals surface area contributed by atoms with Crippen LogP contribution < -0.4 is 70.9 Å². The summed E-state index contributed by atoms with van der Waals surface area (Å²) < 4.78 is 97.6. The number of nitrogens with one attached hydrogen (secondary N) is 10. The van der Waals surface area contributed by atoms with Gasteiger partial charge in [-0.15, -0.1) is 0 Å². The Morgan fingerprint density at radius 2 is 0.571 bits per heavy atom. The number of aromatic carboxylic acids is 2. The van der Waals surface area contributed by atoms with E-state index < -0.39 is 69.3 Å². The average molecular weight is 1740 g/mol. The average Bonchev–Trinajstić information content (AvgIpc) is 1.27. The fourth-order valence-corrected chi connectivity index (χ4v) is 18.6. The Morgan fingerprint density at radius 3 is 0.833 bits per heavy atom. The smallest absolute Gasteiger partial charge is 0.341 e. The lowest BCUT2D eigenvalue weighted by Gasteiger charge is -2.41. The van der Waals surface area contributed by atoms with E-state index in [0.29, 0.717) is 11.0 Å². The minimum atomic E-state index is -1.45. The molecule has 0 radical (unpaired) electrons. The van der Waals surface area contributed by atoms with Gasteiger partial charge >= 0.3 is 11.9 Å². The van der Waals surface area contributed by atoms with Crippen LogP contribution in [0.3, 0.4) is 0 Å². The summed E-state index contributed by atoms with van der Waals surface area (Å²) in [6, 6.07) is 6.33. The number of piperazine rings is 4. The number of rotatable bonds is 10. The summed E-state index contributed by atoms with van der Waals surface area (Å²) >= 11 is 0. The number of aromatic nitrogens is 4. The van der Waals surface area contributed by atoms with Crippen LogP contribution in [0.25, 0.3) is 43.6 Å². The van der Waals surface area contributed by atoms with E-state index in [9.17, 15) is 82.3 Å². The highest BCUT2D eigenvalue weighted by atomic mass is 19.1. The Labute approximate surface area is 717 Å². The summed E-state index contributed by atoms with van der Waals surface area (Å²) in [7, 11) is 0. The van der Waals surface area contributed by atoms with Gasteiger partial charge in [0.2, 0.25) is 10.9 Å². The Kier molecular flexibility index (Phi) is 22.5. The van der Waals surface area contributed by atoms with Gasteiger partial charge in [0.1, 0.15) is 83.6 Å². The minimum Gasteiger partial charge on any atom is -0.487 e. The number of halogens is 4. The van der Waals surface area contributed by atoms with Crippen LogP contribution in [0, 0.1) is 66.5 Å². The van der Waals surface area contributed by atoms with Gasteiger partial charge in [0.25, 0.3) is 0 Å². The SMILES string of the molecule is CC1COc2c(N3CCN(C(=N)CC(=N)N4CCN(C(=N)CC(=N)N5CCN(c6c(F)cc7c(=O)c(C(=O)O)cn8c7c6OCC8C)CC5)CCN(C(=N)NC(=N)N5CCN(c6c(F)cc7c(=O)c(C(=O)O)cn8c7c6OCC8C)CC5)CCN(C(=N)NC(=N)N5CCN(c6c(F)cc7c(=O)ccn8c7c6OCC8C)CC5)CC4)CC3)c(F)cc3c(=O)ccn1c23. The molecule has 4 unspecified atom stereocenters. The minimum absolute atomic E-state index is 0.00170. The topological polar surface area (TPSA) is 453 Å². The number of pyridine rings is 4. The first-order valence-electron chi connectivity index (χ1n) is 42.1. The van der Waals surface area contributed by atoms with Crippen molar-refractivity contribution in [1.29, 1.82) is 43.3 Å². The molecule has 5 saturated heterocycles. The van der Waals surface area contributed by atoms with Gasteiger partial charge in [-0.05, 0) is 52.0 Å². The Hall–Kier alpha value is -13.9. The molecule has 4 aromatic carbocycles. The van der Waals surface area contributed by atoms with Crippen LogP contribution in [0.4, 0.5) is 40.3 Å². The molecule has 126 heavy (non-hydrogen) atoms. The predicted molar refractivity (Wildman–Crippen MR) is 466 cm³/mol. The van der Waals surface area contributed by atoms with Crippen molar-refractivity contribution in [2.24, 2.45) is 0 Å². The van der Waals surface area contributed by atoms with Crippen molar-refractivity contribution in [3.05, 3.63) is 136 Å². The van der Waals surface area contributed by atoms with E-state index in [4.69, 9.17) is 18.9 Å². The molecule has 38 nitrogen and oxygen atoms in total. The third-order valence-electron chi connectivity index (χ3n) is 25.7. The molecular formula is C84H98F4N26O12. The zero-order chi connectivity index (χ0) is 88.9. The fourth-order valence-electron chi connectivity index (χ4n) is 18.6. The Balaban J connectivity index is 0.624. The first-order valence-corrected chi connectivity index (χ1v) is 42.1. The zero-order valence-electron chi connectivity index (χ0n) is 69.9. The van der Waals surface area contributed by atoms with E-state index in [1.165, 1.54) is 36.7 Å². The highest BCUT2D eigenvalue weighted by molar-refractivity contribution is 6.04. The Morgan fingerprint density at radius 1 is 0.349 bits per heavy atom. The quantitative estimate of drug-likeness (QED) is 0.0479. The van der Waals surface area contributed by atoms with Gasteiger partial charge in [-0.2, -0.15) is 0 Å². The monoisotopic (exact) mass is 1740 g/mol. The van der Waals surface area contributed by atoms with Gasteiger partial charge in [0.05, 0.1) is 80.6 Å². The number of ether oxygens (including phenoxy) is 4. The van der Waals surface area contributed by atoms with Gasteiger partial charge in [-0.3, -0.25) is 73.1 Å². The van der Waals surface area contributed by atoms with Crippen LogP contribution >= 0.6 is 0 Å². The molecule has 0 saturated carbocycles. The molecule has 664 valence electrons. The Bertz CT molecular complexity index is 5810. The van der Waals surface area contributed by atoms with E-state index in [1.54, 1.807) is 79.5 Å². The number of amidine groups is 4. The molecule has 5 fully saturated rings. The highest BCUT2D eigenvalue weighted by Crippen LogP contribution is 2.47. The van der Waals surface area contributed by atoms with E-state index in [1.807, 2.05) is 37.7 Å². The molecule has 17 rings (SSSR count). The van der Waals surface area contributed by atoms with Crippen LogP contribution in [0.5, 0.6) is 23.0 Å². The van der Waals surface area contributed by atoms with E-state index >= 15 is 17.6 Å². The normalized spacial score (nSPS) is 19.8. The summed E-state index contributed by atoms with van der Waals surface area (Å²) in [6.45, 7) is 11.2. The first kappa shape index (κ1) is 84.4. The summed E-state index contributed by atoms with van der Waals surface area (Å²) in [5, 5.41) is 104. The third kappa shape index (κ3) is 15.4. The van der Waals surface area contributed by atoms with Gasteiger partial charge in [0.15, 0.2) is 81.0 Å². The van der Waals surface area contributed by atoms with Crippen LogP contribution in [0.1, 0.15) is 85.4 Å². The molecule has 42 heteroatoms. The number of nitrogens with zero attached hydrogens (tertiary/aromatic N) is 16. The summed E-state index contributed by atoms with van der Waals surface area (Å²) in [6.07, 6.45) is 5.46. The zero-order valence-corrected chi connectivity index (χ0v) is 69.9. The van der Waals surface area contributed by atoms with E-state index in [-0.39, 0.29) is 345 Å². The highest BCUT2D eigenvalue weighted by Gasteiger charge is 2.39.